The summed E-state index contributed by atoms with van der Waals surface area (Å²) >= 11 is 0. The van der Waals surface area contributed by atoms with Crippen molar-refractivity contribution in [3.8, 4) is 0 Å². The number of amides is 1. The number of benzene rings is 4. The molecule has 4 aromatic carbocycles. The lowest BCUT2D eigenvalue weighted by Crippen LogP contribution is -2.52. The first kappa shape index (κ1) is 27.6. The van der Waals surface area contributed by atoms with Crippen molar-refractivity contribution in [2.24, 2.45) is 0 Å². The van der Waals surface area contributed by atoms with Crippen LogP contribution in [0.1, 0.15) is 22.7 Å². The molecular weight excluding hydrogens is 525 g/mol. The van der Waals surface area contributed by atoms with E-state index in [1.807, 2.05) is 43.3 Å². The summed E-state index contributed by atoms with van der Waals surface area (Å²) in [6.07, 6.45) is 0. The second-order valence-corrected chi connectivity index (χ2v) is 11.8. The quantitative estimate of drug-likeness (QED) is 0.297. The highest BCUT2D eigenvalue weighted by Crippen LogP contribution is 2.30. The van der Waals surface area contributed by atoms with Crippen LogP contribution in [0.5, 0.6) is 0 Å². The molecule has 1 amide bonds. The normalized spacial score (nSPS) is 14.3. The SMILES string of the molecule is Cc1ccc(S(=O)(=O)N(CC(=O)N2CCN(C(c3ccccc3)c3ccccc3)CC2)c2ccccc2F)cc1. The van der Waals surface area contributed by atoms with Crippen molar-refractivity contribution in [1.82, 2.24) is 9.80 Å². The molecule has 1 aliphatic heterocycles. The highest BCUT2D eigenvalue weighted by atomic mass is 32.2. The van der Waals surface area contributed by atoms with Crippen LogP contribution in [0.3, 0.4) is 0 Å². The lowest BCUT2D eigenvalue weighted by molar-refractivity contribution is -0.131. The first-order valence-corrected chi connectivity index (χ1v) is 14.7. The van der Waals surface area contributed by atoms with Crippen LogP contribution in [0.25, 0.3) is 0 Å². The van der Waals surface area contributed by atoms with Gasteiger partial charge in [0.25, 0.3) is 10.0 Å². The van der Waals surface area contributed by atoms with Gasteiger partial charge in [0.15, 0.2) is 0 Å². The Morgan fingerprint density at radius 2 is 1.30 bits per heavy atom. The predicted octanol–water partition coefficient (Wildman–Crippen LogP) is 5.26. The summed E-state index contributed by atoms with van der Waals surface area (Å²) in [5, 5.41) is 0. The van der Waals surface area contributed by atoms with E-state index >= 15 is 0 Å². The molecule has 1 saturated heterocycles. The van der Waals surface area contributed by atoms with E-state index in [9.17, 15) is 17.6 Å². The molecule has 0 radical (unpaired) electrons. The summed E-state index contributed by atoms with van der Waals surface area (Å²) in [6.45, 7) is 3.47. The summed E-state index contributed by atoms with van der Waals surface area (Å²) in [6, 6.07) is 32.5. The van der Waals surface area contributed by atoms with E-state index in [0.717, 1.165) is 9.87 Å². The Balaban J connectivity index is 1.36. The molecule has 0 N–H and O–H groups in total. The van der Waals surface area contributed by atoms with E-state index in [0.29, 0.717) is 26.2 Å². The van der Waals surface area contributed by atoms with Crippen molar-refractivity contribution in [2.75, 3.05) is 37.0 Å². The summed E-state index contributed by atoms with van der Waals surface area (Å²) < 4.78 is 43.1. The third-order valence-electron chi connectivity index (χ3n) is 7.27. The van der Waals surface area contributed by atoms with Crippen LogP contribution < -0.4 is 4.31 Å². The van der Waals surface area contributed by atoms with E-state index in [1.54, 1.807) is 23.1 Å². The van der Waals surface area contributed by atoms with E-state index in [4.69, 9.17) is 0 Å². The number of carbonyl (C=O) groups excluding carboxylic acids is 1. The Morgan fingerprint density at radius 3 is 1.85 bits per heavy atom. The maximum absolute atomic E-state index is 14.9. The Hall–Kier alpha value is -4.01. The number of halogens is 1. The first-order valence-electron chi connectivity index (χ1n) is 13.3. The number of sulfonamides is 1. The van der Waals surface area contributed by atoms with Gasteiger partial charge in [-0.05, 0) is 42.3 Å². The third kappa shape index (κ3) is 5.93. The van der Waals surface area contributed by atoms with Crippen LogP contribution in [0.15, 0.2) is 114 Å². The lowest BCUT2D eigenvalue weighted by Gasteiger charge is -2.40. The zero-order chi connectivity index (χ0) is 28.1. The van der Waals surface area contributed by atoms with Gasteiger partial charge in [0, 0.05) is 26.2 Å². The number of para-hydroxylation sites is 1. The molecule has 1 fully saturated rings. The fourth-order valence-corrected chi connectivity index (χ4v) is 6.55. The van der Waals surface area contributed by atoms with Gasteiger partial charge in [-0.1, -0.05) is 90.5 Å². The lowest BCUT2D eigenvalue weighted by atomic mass is 9.96. The molecule has 0 atom stereocenters. The van der Waals surface area contributed by atoms with Crippen LogP contribution in [0.4, 0.5) is 10.1 Å². The van der Waals surface area contributed by atoms with Gasteiger partial charge in [0.1, 0.15) is 12.4 Å². The topological polar surface area (TPSA) is 60.9 Å². The maximum Gasteiger partial charge on any atom is 0.264 e. The molecule has 0 saturated carbocycles. The van der Waals surface area contributed by atoms with Crippen LogP contribution in [-0.2, 0) is 14.8 Å². The molecule has 0 aromatic heterocycles. The number of rotatable bonds is 8. The molecule has 0 unspecified atom stereocenters. The Bertz CT molecular complexity index is 1500. The fourth-order valence-electron chi connectivity index (χ4n) is 5.13. The summed E-state index contributed by atoms with van der Waals surface area (Å²) in [5.41, 5.74) is 3.09. The third-order valence-corrected chi connectivity index (χ3v) is 9.05. The van der Waals surface area contributed by atoms with Gasteiger partial charge in [-0.15, -0.1) is 0 Å². The van der Waals surface area contributed by atoms with Crippen LogP contribution in [-0.4, -0.2) is 56.8 Å². The summed E-state index contributed by atoms with van der Waals surface area (Å²) in [7, 11) is -4.19. The average molecular weight is 558 g/mol. The number of anilines is 1. The molecule has 0 bridgehead atoms. The Morgan fingerprint density at radius 1 is 0.775 bits per heavy atom. The van der Waals surface area contributed by atoms with E-state index in [2.05, 4.69) is 29.2 Å². The summed E-state index contributed by atoms with van der Waals surface area (Å²) in [5.74, 6) is -1.07. The molecule has 40 heavy (non-hydrogen) atoms. The molecule has 4 aromatic rings. The van der Waals surface area contributed by atoms with Crippen molar-refractivity contribution in [1.29, 1.82) is 0 Å². The smallest absolute Gasteiger partial charge is 0.264 e. The number of aryl methyl sites for hydroxylation is 1. The molecule has 8 heteroatoms. The van der Waals surface area contributed by atoms with Gasteiger partial charge >= 0.3 is 0 Å². The van der Waals surface area contributed by atoms with Crippen molar-refractivity contribution >= 4 is 21.6 Å². The number of hydrogen-bond donors (Lipinski definition) is 0. The highest BCUT2D eigenvalue weighted by Gasteiger charge is 2.33. The molecule has 1 heterocycles. The number of nitrogens with zero attached hydrogens (tertiary/aromatic N) is 3. The molecule has 6 nitrogen and oxygen atoms in total. The second-order valence-electron chi connectivity index (χ2n) is 9.92. The zero-order valence-corrected chi connectivity index (χ0v) is 23.2. The molecular formula is C32H32FN3O3S. The van der Waals surface area contributed by atoms with Gasteiger partial charge < -0.3 is 4.90 Å². The predicted molar refractivity (Wildman–Crippen MR) is 155 cm³/mol. The van der Waals surface area contributed by atoms with Crippen molar-refractivity contribution in [3.63, 3.8) is 0 Å². The van der Waals surface area contributed by atoms with Crippen molar-refractivity contribution < 1.29 is 17.6 Å². The highest BCUT2D eigenvalue weighted by molar-refractivity contribution is 7.92. The fraction of sp³-hybridized carbons (Fsp3) is 0.219. The maximum atomic E-state index is 14.9. The molecule has 0 aliphatic carbocycles. The van der Waals surface area contributed by atoms with E-state index in [1.165, 1.54) is 41.5 Å². The Labute approximate surface area is 235 Å². The molecule has 1 aliphatic rings. The van der Waals surface area contributed by atoms with E-state index < -0.39 is 22.4 Å². The van der Waals surface area contributed by atoms with Crippen LogP contribution in [0.2, 0.25) is 0 Å². The average Bonchev–Trinajstić information content (AvgIpc) is 2.98. The first-order chi connectivity index (χ1) is 19.3. The van der Waals surface area contributed by atoms with Gasteiger partial charge in [0.2, 0.25) is 5.91 Å². The van der Waals surface area contributed by atoms with Gasteiger partial charge in [-0.2, -0.15) is 0 Å². The van der Waals surface area contributed by atoms with Gasteiger partial charge in [-0.25, -0.2) is 12.8 Å². The second kappa shape index (κ2) is 12.0. The minimum atomic E-state index is -4.19. The molecule has 5 rings (SSSR count). The molecule has 0 spiro atoms. The minimum absolute atomic E-state index is 0.00698. The van der Waals surface area contributed by atoms with Crippen molar-refractivity contribution in [3.05, 3.63) is 132 Å². The number of piperazine rings is 1. The van der Waals surface area contributed by atoms with Gasteiger partial charge in [-0.3, -0.25) is 14.0 Å². The largest absolute Gasteiger partial charge is 0.339 e. The standard InChI is InChI=1S/C32H32FN3O3S/c1-25-16-18-28(19-17-25)40(38,39)36(30-15-9-8-14-29(30)33)24-31(37)34-20-22-35(23-21-34)32(26-10-4-2-5-11-26)27-12-6-3-7-13-27/h2-19,32H,20-24H2,1H3. The van der Waals surface area contributed by atoms with Crippen LogP contribution in [0, 0.1) is 12.7 Å². The summed E-state index contributed by atoms with van der Waals surface area (Å²) in [4.78, 5) is 17.5. The van der Waals surface area contributed by atoms with Crippen molar-refractivity contribution in [2.45, 2.75) is 17.9 Å². The Kier molecular flexibility index (Phi) is 8.28. The zero-order valence-electron chi connectivity index (χ0n) is 22.4. The number of carbonyl (C=O) groups is 1. The monoisotopic (exact) mass is 557 g/mol. The minimum Gasteiger partial charge on any atom is -0.339 e. The van der Waals surface area contributed by atoms with Crippen LogP contribution >= 0.6 is 0 Å². The molecule has 206 valence electrons. The van der Waals surface area contributed by atoms with Gasteiger partial charge in [0.05, 0.1) is 16.6 Å². The van der Waals surface area contributed by atoms with E-state index in [-0.39, 0.29) is 22.5 Å². The number of hydrogen-bond acceptors (Lipinski definition) is 4.